The number of benzene rings is 3. The lowest BCUT2D eigenvalue weighted by Crippen LogP contribution is -2.15. The van der Waals surface area contributed by atoms with Gasteiger partial charge in [-0.15, -0.1) is 0 Å². The Labute approximate surface area is 340 Å². The fraction of sp³-hybridized carbons (Fsp3) is 0.640. The minimum Gasteiger partial charge on any atom is -0.491 e. The van der Waals surface area contributed by atoms with E-state index in [0.717, 1.165) is 37.1 Å². The summed E-state index contributed by atoms with van der Waals surface area (Å²) in [5.41, 5.74) is 0. The minimum atomic E-state index is 0. The zero-order chi connectivity index (χ0) is 35.7. The van der Waals surface area contributed by atoms with Crippen molar-refractivity contribution in [3.8, 4) is 17.2 Å². The van der Waals surface area contributed by atoms with Crippen molar-refractivity contribution in [2.75, 3.05) is 39.6 Å². The van der Waals surface area contributed by atoms with Gasteiger partial charge in [0, 0.05) is 0 Å². The van der Waals surface area contributed by atoms with Gasteiger partial charge in [-0.25, -0.2) is 0 Å². The molecule has 0 spiro atoms. The molecule has 12 rings (SSSR count). The second-order valence-electron chi connectivity index (χ2n) is 16.9. The van der Waals surface area contributed by atoms with E-state index < -0.39 is 0 Å². The molecule has 6 aliphatic carbocycles. The first-order chi connectivity index (χ1) is 26.2. The SMILES string of the molecule is C.C.C.C1CC2C3CCC(C3)C2C1.C1CC2C3CCC(C3)C2C1.c1ccc(OCC2CO2)cc1.c1ccc(OCC2CO2)cc1.c1ccc(OCC2CO2)cc1. The van der Waals surface area contributed by atoms with E-state index >= 15 is 0 Å². The summed E-state index contributed by atoms with van der Waals surface area (Å²) in [6.45, 7) is 4.62. The topological polar surface area (TPSA) is 65.3 Å². The minimum absolute atomic E-state index is 0. The highest BCUT2D eigenvalue weighted by Crippen LogP contribution is 2.59. The first kappa shape index (κ1) is 44.1. The van der Waals surface area contributed by atoms with Crippen LogP contribution in [0.1, 0.15) is 99.3 Å². The van der Waals surface area contributed by atoms with Gasteiger partial charge in [-0.2, -0.15) is 0 Å². The highest BCUT2D eigenvalue weighted by Gasteiger charge is 2.49. The molecule has 310 valence electrons. The van der Waals surface area contributed by atoms with Gasteiger partial charge in [0.05, 0.1) is 19.8 Å². The summed E-state index contributed by atoms with van der Waals surface area (Å²) in [6, 6.07) is 29.4. The van der Waals surface area contributed by atoms with Crippen molar-refractivity contribution in [2.24, 2.45) is 47.3 Å². The van der Waals surface area contributed by atoms with Gasteiger partial charge in [-0.05, 0) is 148 Å². The summed E-state index contributed by atoms with van der Waals surface area (Å²) in [7, 11) is 0. The average molecular weight is 771 g/mol. The summed E-state index contributed by atoms with van der Waals surface area (Å²) in [4.78, 5) is 0. The third-order valence-corrected chi connectivity index (χ3v) is 13.4. The number of para-hydroxylation sites is 3. The van der Waals surface area contributed by atoms with Crippen molar-refractivity contribution in [1.82, 2.24) is 0 Å². The van der Waals surface area contributed by atoms with E-state index in [1.807, 2.05) is 91.0 Å². The van der Waals surface area contributed by atoms with Crippen LogP contribution in [0.3, 0.4) is 0 Å². The quantitative estimate of drug-likeness (QED) is 0.202. The van der Waals surface area contributed by atoms with Gasteiger partial charge in [-0.1, -0.05) is 89.7 Å². The van der Waals surface area contributed by atoms with Crippen LogP contribution < -0.4 is 14.2 Å². The molecule has 9 fully saturated rings. The molecule has 9 aliphatic rings. The van der Waals surface area contributed by atoms with E-state index in [9.17, 15) is 0 Å². The second-order valence-corrected chi connectivity index (χ2v) is 16.9. The second kappa shape index (κ2) is 22.2. The van der Waals surface area contributed by atoms with Crippen molar-refractivity contribution in [3.63, 3.8) is 0 Å². The van der Waals surface area contributed by atoms with Crippen LogP contribution in [0, 0.1) is 47.3 Å². The van der Waals surface area contributed by atoms with E-state index in [1.54, 1.807) is 77.0 Å². The van der Waals surface area contributed by atoms with Crippen molar-refractivity contribution in [3.05, 3.63) is 91.0 Å². The van der Waals surface area contributed by atoms with Crippen molar-refractivity contribution < 1.29 is 28.4 Å². The highest BCUT2D eigenvalue weighted by molar-refractivity contribution is 5.22. The van der Waals surface area contributed by atoms with Crippen molar-refractivity contribution >= 4 is 0 Å². The van der Waals surface area contributed by atoms with Crippen LogP contribution in [0.25, 0.3) is 0 Å². The Bertz CT molecular complexity index is 1280. The van der Waals surface area contributed by atoms with Crippen LogP contribution in [0.5, 0.6) is 17.2 Å². The summed E-state index contributed by atoms with van der Waals surface area (Å²) in [5.74, 6) is 12.4. The fourth-order valence-electron chi connectivity index (χ4n) is 10.6. The Morgan fingerprint density at radius 3 is 0.857 bits per heavy atom. The third-order valence-electron chi connectivity index (χ3n) is 13.4. The molecule has 0 N–H and O–H groups in total. The van der Waals surface area contributed by atoms with Crippen molar-refractivity contribution in [2.45, 2.75) is 118 Å². The van der Waals surface area contributed by atoms with E-state index in [-0.39, 0.29) is 22.3 Å². The van der Waals surface area contributed by atoms with E-state index in [1.165, 1.54) is 47.3 Å². The zero-order valence-corrected chi connectivity index (χ0v) is 31.7. The maximum Gasteiger partial charge on any atom is 0.119 e. The molecule has 6 nitrogen and oxygen atoms in total. The molecule has 3 aromatic carbocycles. The zero-order valence-electron chi connectivity index (χ0n) is 31.7. The molecule has 6 heteroatoms. The van der Waals surface area contributed by atoms with E-state index in [4.69, 9.17) is 28.4 Å². The molecule has 3 aliphatic heterocycles. The van der Waals surface area contributed by atoms with Crippen LogP contribution >= 0.6 is 0 Å². The molecule has 4 bridgehead atoms. The van der Waals surface area contributed by atoms with Crippen LogP contribution in [0.15, 0.2) is 91.0 Å². The maximum absolute atomic E-state index is 5.40. The van der Waals surface area contributed by atoms with Crippen molar-refractivity contribution in [1.29, 1.82) is 0 Å². The summed E-state index contributed by atoms with van der Waals surface area (Å²) < 4.78 is 31.2. The summed E-state index contributed by atoms with van der Waals surface area (Å²) in [6.07, 6.45) is 20.1. The Morgan fingerprint density at radius 1 is 0.375 bits per heavy atom. The Kier molecular flexibility index (Phi) is 17.5. The predicted molar refractivity (Wildman–Crippen MR) is 229 cm³/mol. The van der Waals surface area contributed by atoms with Gasteiger partial charge in [0.2, 0.25) is 0 Å². The van der Waals surface area contributed by atoms with E-state index in [2.05, 4.69) is 0 Å². The molecule has 11 unspecified atom stereocenters. The van der Waals surface area contributed by atoms with Gasteiger partial charge in [-0.3, -0.25) is 0 Å². The number of epoxide rings is 3. The number of hydrogen-bond donors (Lipinski definition) is 0. The largest absolute Gasteiger partial charge is 0.491 e. The van der Waals surface area contributed by atoms with Crippen LogP contribution in [0.2, 0.25) is 0 Å². The molecule has 3 aromatic rings. The highest BCUT2D eigenvalue weighted by atomic mass is 16.6. The van der Waals surface area contributed by atoms with Gasteiger partial charge in [0.15, 0.2) is 0 Å². The molecule has 0 amide bonds. The lowest BCUT2D eigenvalue weighted by molar-refractivity contribution is 0.259. The Hall–Kier alpha value is -3.06. The first-order valence-electron chi connectivity index (χ1n) is 21.1. The molecular weight excluding hydrogens is 697 g/mol. The molecule has 0 aromatic heterocycles. The average Bonchev–Trinajstić information content (AvgIpc) is 4.12. The maximum atomic E-state index is 5.40. The van der Waals surface area contributed by atoms with Crippen LogP contribution in [-0.4, -0.2) is 58.0 Å². The molecule has 6 saturated carbocycles. The first-order valence-corrected chi connectivity index (χ1v) is 21.1. The van der Waals surface area contributed by atoms with Gasteiger partial charge >= 0.3 is 0 Å². The number of rotatable bonds is 9. The number of fused-ring (bicyclic) bond motifs is 10. The monoisotopic (exact) mass is 771 g/mol. The third kappa shape index (κ3) is 13.0. The summed E-state index contributed by atoms with van der Waals surface area (Å²) >= 11 is 0. The van der Waals surface area contributed by atoms with Gasteiger partial charge in [0.1, 0.15) is 55.4 Å². The number of ether oxygens (including phenoxy) is 6. The normalized spacial score (nSPS) is 33.1. The van der Waals surface area contributed by atoms with Gasteiger partial charge in [0.25, 0.3) is 0 Å². The van der Waals surface area contributed by atoms with Crippen LogP contribution in [-0.2, 0) is 14.2 Å². The lowest BCUT2D eigenvalue weighted by Gasteiger charge is -2.23. The Balaban J connectivity index is 0.000000132. The molecular formula is C50H74O6. The molecule has 0 radical (unpaired) electrons. The standard InChI is InChI=1S/2C10H16.3C9H10O2.3CH4/c2*1-2-9-7-4-5-8(6-7)10(9)3-1;3*1-2-4-8(5-3-1)10-6-9-7-11-9;;;/h2*7-10H,1-6H2;3*1-5,9H,6-7H2;3*1H4. The van der Waals surface area contributed by atoms with Crippen LogP contribution in [0.4, 0.5) is 0 Å². The number of hydrogen-bond acceptors (Lipinski definition) is 6. The predicted octanol–water partition coefficient (Wildman–Crippen LogP) is 12.0. The molecule has 56 heavy (non-hydrogen) atoms. The molecule has 11 atom stereocenters. The lowest BCUT2D eigenvalue weighted by atomic mass is 9.82. The summed E-state index contributed by atoms with van der Waals surface area (Å²) in [5, 5.41) is 0. The molecule has 3 heterocycles. The smallest absolute Gasteiger partial charge is 0.119 e. The van der Waals surface area contributed by atoms with E-state index in [0.29, 0.717) is 38.1 Å². The fourth-order valence-corrected chi connectivity index (χ4v) is 10.6. The van der Waals surface area contributed by atoms with Gasteiger partial charge < -0.3 is 28.4 Å². The Morgan fingerprint density at radius 2 is 0.625 bits per heavy atom. The molecule has 3 saturated heterocycles.